The van der Waals surface area contributed by atoms with Crippen LogP contribution in [-0.2, 0) is 28.1 Å². The minimum absolute atomic E-state index is 0.106. The molecule has 1 saturated heterocycles. The molecule has 0 aliphatic carbocycles. The molecule has 0 aromatic rings. The maximum absolute atomic E-state index is 12.3. The van der Waals surface area contributed by atoms with Crippen LogP contribution in [0.4, 0.5) is 0 Å². The van der Waals surface area contributed by atoms with Crippen LogP contribution in [0.1, 0.15) is 48.5 Å². The maximum atomic E-state index is 12.3. The van der Waals surface area contributed by atoms with Crippen molar-refractivity contribution < 1.29 is 43.2 Å². The number of rotatable bonds is 8. The van der Waals surface area contributed by atoms with Gasteiger partial charge < -0.3 is 39.2 Å². The molecule has 29 heavy (non-hydrogen) atoms. The number of nitrogens with one attached hydrogen (secondary N) is 1. The first kappa shape index (κ1) is 26.5. The van der Waals surface area contributed by atoms with Crippen molar-refractivity contribution in [3.63, 3.8) is 0 Å². The molecule has 11 heteroatoms. The summed E-state index contributed by atoms with van der Waals surface area (Å²) < 4.78 is 34.3. The Morgan fingerprint density at radius 2 is 1.69 bits per heavy atom. The predicted octanol–water partition coefficient (Wildman–Crippen LogP) is 0.770. The highest BCUT2D eigenvalue weighted by Gasteiger charge is 2.47. The molecule has 1 fully saturated rings. The minimum atomic E-state index is -3.99. The number of ether oxygens (including phenoxy) is 3. The fraction of sp³-hybridized carbons (Fsp3) is 0.944. The zero-order valence-corrected chi connectivity index (χ0v) is 19.1. The number of carbonyl (C=O) groups excluding carboxylic acids is 1. The normalized spacial score (nSPS) is 30.6. The zero-order valence-electron chi connectivity index (χ0n) is 18.2. The Labute approximate surface area is 172 Å². The van der Waals surface area contributed by atoms with Crippen molar-refractivity contribution in [2.24, 2.45) is 0 Å². The third-order valence-electron chi connectivity index (χ3n) is 4.23. The Hall–Kier alpha value is -0.580. The van der Waals surface area contributed by atoms with E-state index < -0.39 is 55.9 Å². The van der Waals surface area contributed by atoms with E-state index in [1.165, 1.54) is 6.92 Å². The fourth-order valence-electron chi connectivity index (χ4n) is 2.48. The van der Waals surface area contributed by atoms with Gasteiger partial charge in [-0.15, -0.1) is 0 Å². The lowest BCUT2D eigenvalue weighted by Gasteiger charge is -2.43. The van der Waals surface area contributed by atoms with Gasteiger partial charge in [0.15, 0.2) is 6.29 Å². The van der Waals surface area contributed by atoms with E-state index in [0.717, 1.165) is 0 Å². The predicted molar refractivity (Wildman–Crippen MR) is 105 cm³/mol. The van der Waals surface area contributed by atoms with E-state index in [-0.39, 0.29) is 18.8 Å². The number of hydrogen-bond donors (Lipinski definition) is 4. The van der Waals surface area contributed by atoms with Gasteiger partial charge in [-0.05, 0) is 41.5 Å². The van der Waals surface area contributed by atoms with E-state index in [1.807, 2.05) is 20.8 Å². The second kappa shape index (κ2) is 10.2. The van der Waals surface area contributed by atoms with Gasteiger partial charge in [0.1, 0.15) is 24.4 Å². The molecule has 10 nitrogen and oxygen atoms in total. The molecule has 0 saturated carbocycles. The first-order valence-electron chi connectivity index (χ1n) is 9.57. The standard InChI is InChI=1S/C18H36NO9P/c1-11(20)19-13-15(22)14(21)12(10-27-29(23,24)18(5,6)7)28-16(13)25-8-9-26-17(2,3)4/h12-16,21-22H,8-10H2,1-7H3,(H,19,20)(H,23,24). The number of hydrogen-bond acceptors (Lipinski definition) is 8. The summed E-state index contributed by atoms with van der Waals surface area (Å²) in [5.41, 5.74) is -0.366. The lowest BCUT2D eigenvalue weighted by Crippen LogP contribution is -2.64. The van der Waals surface area contributed by atoms with Gasteiger partial charge in [0, 0.05) is 6.92 Å². The number of aliphatic hydroxyl groups excluding tert-OH is 2. The molecule has 0 spiro atoms. The molecule has 0 radical (unpaired) electrons. The highest BCUT2D eigenvalue weighted by molar-refractivity contribution is 7.54. The van der Waals surface area contributed by atoms with Crippen molar-refractivity contribution in [2.75, 3.05) is 19.8 Å². The van der Waals surface area contributed by atoms with Gasteiger partial charge >= 0.3 is 7.60 Å². The Kier molecular flexibility index (Phi) is 9.26. The van der Waals surface area contributed by atoms with Crippen LogP contribution in [0.2, 0.25) is 0 Å². The van der Waals surface area contributed by atoms with Gasteiger partial charge in [-0.1, -0.05) is 0 Å². The van der Waals surface area contributed by atoms with E-state index in [2.05, 4.69) is 5.32 Å². The Morgan fingerprint density at radius 1 is 1.10 bits per heavy atom. The Morgan fingerprint density at radius 3 is 2.17 bits per heavy atom. The molecule has 1 aliphatic rings. The molecule has 172 valence electrons. The molecular weight excluding hydrogens is 405 g/mol. The second-order valence-corrected chi connectivity index (χ2v) is 11.7. The van der Waals surface area contributed by atoms with E-state index in [0.29, 0.717) is 0 Å². The maximum Gasteiger partial charge on any atom is 0.333 e. The molecule has 1 amide bonds. The minimum Gasteiger partial charge on any atom is -0.388 e. The first-order chi connectivity index (χ1) is 13.0. The number of carbonyl (C=O) groups is 1. The fourth-order valence-corrected chi connectivity index (χ4v) is 3.22. The van der Waals surface area contributed by atoms with Crippen LogP contribution < -0.4 is 5.32 Å². The van der Waals surface area contributed by atoms with Gasteiger partial charge in [0.05, 0.1) is 30.6 Å². The molecular formula is C18H36NO9P. The van der Waals surface area contributed by atoms with Crippen LogP contribution in [0.15, 0.2) is 0 Å². The van der Waals surface area contributed by atoms with Gasteiger partial charge in [-0.2, -0.15) is 0 Å². The van der Waals surface area contributed by atoms with Crippen LogP contribution in [0.5, 0.6) is 0 Å². The summed E-state index contributed by atoms with van der Waals surface area (Å²) in [5.74, 6) is -0.438. The summed E-state index contributed by atoms with van der Waals surface area (Å²) in [5, 5.41) is 22.3. The second-order valence-electron chi connectivity index (χ2n) is 9.07. The van der Waals surface area contributed by atoms with Crippen LogP contribution in [0, 0.1) is 0 Å². The summed E-state index contributed by atoms with van der Waals surface area (Å²) in [6.07, 6.45) is -5.13. The van der Waals surface area contributed by atoms with Crippen molar-refractivity contribution in [2.45, 2.75) is 89.9 Å². The molecule has 0 aromatic carbocycles. The monoisotopic (exact) mass is 441 g/mol. The summed E-state index contributed by atoms with van der Waals surface area (Å²) in [6.45, 7) is 11.5. The lowest BCUT2D eigenvalue weighted by atomic mass is 9.97. The molecule has 0 bridgehead atoms. The molecule has 1 heterocycles. The average Bonchev–Trinajstić information content (AvgIpc) is 2.54. The van der Waals surface area contributed by atoms with Crippen molar-refractivity contribution in [3.8, 4) is 0 Å². The van der Waals surface area contributed by atoms with Crippen LogP contribution in [0.3, 0.4) is 0 Å². The van der Waals surface area contributed by atoms with Crippen LogP contribution in [-0.4, -0.2) is 82.2 Å². The third kappa shape index (κ3) is 8.22. The molecule has 6 unspecified atom stereocenters. The topological polar surface area (TPSA) is 144 Å². The molecule has 0 aromatic heterocycles. The van der Waals surface area contributed by atoms with Gasteiger partial charge in [-0.25, -0.2) is 0 Å². The molecule has 6 atom stereocenters. The first-order valence-corrected chi connectivity index (χ1v) is 11.1. The van der Waals surface area contributed by atoms with E-state index in [4.69, 9.17) is 18.7 Å². The van der Waals surface area contributed by atoms with E-state index in [1.54, 1.807) is 20.8 Å². The highest BCUT2D eigenvalue weighted by Crippen LogP contribution is 2.55. The summed E-state index contributed by atoms with van der Waals surface area (Å²) >= 11 is 0. The third-order valence-corrected chi connectivity index (χ3v) is 6.43. The van der Waals surface area contributed by atoms with E-state index >= 15 is 0 Å². The summed E-state index contributed by atoms with van der Waals surface area (Å²) in [7, 11) is -3.99. The molecule has 1 rings (SSSR count). The summed E-state index contributed by atoms with van der Waals surface area (Å²) in [4.78, 5) is 21.5. The smallest absolute Gasteiger partial charge is 0.333 e. The van der Waals surface area contributed by atoms with E-state index in [9.17, 15) is 24.5 Å². The summed E-state index contributed by atoms with van der Waals surface area (Å²) in [6, 6.07) is -1.03. The van der Waals surface area contributed by atoms with Gasteiger partial charge in [-0.3, -0.25) is 9.36 Å². The highest BCUT2D eigenvalue weighted by atomic mass is 31.2. The lowest BCUT2D eigenvalue weighted by molar-refractivity contribution is -0.272. The van der Waals surface area contributed by atoms with Gasteiger partial charge in [0.2, 0.25) is 5.91 Å². The quantitative estimate of drug-likeness (QED) is 0.317. The SMILES string of the molecule is CC(=O)NC1C(OCCOC(C)(C)C)OC(COP(=O)(O)C(C)(C)C)C(O)C1O. The zero-order chi connectivity index (χ0) is 22.6. The van der Waals surface area contributed by atoms with Gasteiger partial charge in [0.25, 0.3) is 0 Å². The van der Waals surface area contributed by atoms with Crippen molar-refractivity contribution in [1.82, 2.24) is 5.32 Å². The average molecular weight is 441 g/mol. The van der Waals surface area contributed by atoms with Crippen molar-refractivity contribution in [3.05, 3.63) is 0 Å². The number of amides is 1. The van der Waals surface area contributed by atoms with Crippen molar-refractivity contribution >= 4 is 13.5 Å². The Balaban J connectivity index is 2.83. The molecule has 1 aliphatic heterocycles. The van der Waals surface area contributed by atoms with Crippen LogP contribution >= 0.6 is 7.60 Å². The number of aliphatic hydroxyl groups is 2. The molecule has 4 N–H and O–H groups in total. The van der Waals surface area contributed by atoms with Crippen LogP contribution in [0.25, 0.3) is 0 Å². The largest absolute Gasteiger partial charge is 0.388 e. The Bertz CT molecular complexity index is 587. The van der Waals surface area contributed by atoms with Crippen molar-refractivity contribution in [1.29, 1.82) is 0 Å².